The number of benzene rings is 3. The molecule has 0 heterocycles. The second-order valence-electron chi connectivity index (χ2n) is 8.71. The zero-order valence-electron chi connectivity index (χ0n) is 19.2. The van der Waals surface area contributed by atoms with Crippen LogP contribution in [0.25, 0.3) is 11.1 Å². The van der Waals surface area contributed by atoms with E-state index in [1.54, 1.807) is 20.8 Å². The third-order valence-electron chi connectivity index (χ3n) is 4.76. The van der Waals surface area contributed by atoms with E-state index >= 15 is 0 Å². The number of amides is 2. The van der Waals surface area contributed by atoms with Gasteiger partial charge in [0, 0.05) is 6.42 Å². The van der Waals surface area contributed by atoms with Crippen molar-refractivity contribution in [2.75, 3.05) is 0 Å². The number of ether oxygens (including phenoxy) is 1. The molecule has 0 saturated heterocycles. The Bertz CT molecular complexity index is 1030. The fraction of sp³-hybridized carbons (Fsp3) is 0.259. The lowest BCUT2D eigenvalue weighted by atomic mass is 10.0. The number of hydrogen-bond donors (Lipinski definition) is 2. The van der Waals surface area contributed by atoms with E-state index in [9.17, 15) is 9.59 Å². The zero-order chi connectivity index (χ0) is 23.7. The summed E-state index contributed by atoms with van der Waals surface area (Å²) in [5.41, 5.74) is 5.78. The number of alkyl carbamates (subject to hydrolysis) is 1. The van der Waals surface area contributed by atoms with Gasteiger partial charge >= 0.3 is 6.09 Å². The average molecular weight is 447 g/mol. The molecule has 0 radical (unpaired) electrons. The Morgan fingerprint density at radius 1 is 0.788 bits per heavy atom. The van der Waals surface area contributed by atoms with Gasteiger partial charge in [-0.15, -0.1) is 0 Å². The fourth-order valence-corrected chi connectivity index (χ4v) is 3.19. The number of nitrogens with one attached hydrogen (secondary N) is 2. The first-order valence-electron chi connectivity index (χ1n) is 10.9. The van der Waals surface area contributed by atoms with E-state index in [0.29, 0.717) is 0 Å². The van der Waals surface area contributed by atoms with Crippen molar-refractivity contribution in [3.63, 3.8) is 0 Å². The molecule has 6 nitrogen and oxygen atoms in total. The lowest BCUT2D eigenvalue weighted by Crippen LogP contribution is -2.49. The predicted octanol–water partition coefficient (Wildman–Crippen LogP) is 5.04. The van der Waals surface area contributed by atoms with Gasteiger partial charge in [-0.25, -0.2) is 10.3 Å². The Kier molecular flexibility index (Phi) is 8.22. The standard InChI is InChI=1S/C27H30N2O4/c1-27(2,3)33-26(31)28-24(25(30)29-32-19-21-10-6-4-7-11-21)18-20-14-16-23(17-15-20)22-12-8-5-9-13-22/h4-17,24H,18-19H2,1-3H3,(H,28,31)(H,29,30)/t24-/m0/s1. The Hall–Kier alpha value is -3.64. The SMILES string of the molecule is CC(C)(C)OC(=O)N[C@@H](Cc1ccc(-c2ccccc2)cc1)C(=O)NOCc1ccccc1. The van der Waals surface area contributed by atoms with Gasteiger partial charge in [-0.1, -0.05) is 84.9 Å². The molecule has 0 aliphatic carbocycles. The average Bonchev–Trinajstić information content (AvgIpc) is 2.79. The van der Waals surface area contributed by atoms with E-state index in [2.05, 4.69) is 10.8 Å². The van der Waals surface area contributed by atoms with Crippen LogP contribution < -0.4 is 10.8 Å². The van der Waals surface area contributed by atoms with Crippen molar-refractivity contribution in [3.8, 4) is 11.1 Å². The second kappa shape index (κ2) is 11.3. The number of carbonyl (C=O) groups is 2. The van der Waals surface area contributed by atoms with E-state index < -0.39 is 23.6 Å². The van der Waals surface area contributed by atoms with Crippen LogP contribution in [0.15, 0.2) is 84.9 Å². The number of rotatable bonds is 8. The van der Waals surface area contributed by atoms with Crippen LogP contribution in [0.1, 0.15) is 31.9 Å². The van der Waals surface area contributed by atoms with Crippen molar-refractivity contribution in [1.82, 2.24) is 10.8 Å². The molecule has 3 aromatic rings. The van der Waals surface area contributed by atoms with Crippen LogP contribution in [0.5, 0.6) is 0 Å². The lowest BCUT2D eigenvalue weighted by Gasteiger charge is -2.23. The monoisotopic (exact) mass is 446 g/mol. The summed E-state index contributed by atoms with van der Waals surface area (Å²) in [5.74, 6) is -0.455. The molecule has 6 heteroatoms. The molecule has 33 heavy (non-hydrogen) atoms. The molecule has 0 saturated carbocycles. The van der Waals surface area contributed by atoms with Gasteiger partial charge in [0.05, 0.1) is 6.61 Å². The summed E-state index contributed by atoms with van der Waals surface area (Å²) in [6.07, 6.45) is -0.374. The molecule has 2 N–H and O–H groups in total. The van der Waals surface area contributed by atoms with Crippen LogP contribution in [0.4, 0.5) is 4.79 Å². The van der Waals surface area contributed by atoms with Crippen LogP contribution in [0.2, 0.25) is 0 Å². The summed E-state index contributed by atoms with van der Waals surface area (Å²) in [7, 11) is 0. The number of hydrogen-bond acceptors (Lipinski definition) is 4. The summed E-state index contributed by atoms with van der Waals surface area (Å²) < 4.78 is 5.34. The molecular weight excluding hydrogens is 416 g/mol. The molecule has 3 rings (SSSR count). The lowest BCUT2D eigenvalue weighted by molar-refractivity contribution is -0.136. The van der Waals surface area contributed by atoms with Gasteiger partial charge in [0.2, 0.25) is 0 Å². The third kappa shape index (κ3) is 8.09. The van der Waals surface area contributed by atoms with Gasteiger partial charge in [-0.3, -0.25) is 9.63 Å². The molecule has 0 fully saturated rings. The minimum Gasteiger partial charge on any atom is -0.444 e. The maximum Gasteiger partial charge on any atom is 0.408 e. The number of hydroxylamine groups is 1. The predicted molar refractivity (Wildman–Crippen MR) is 128 cm³/mol. The van der Waals surface area contributed by atoms with Gasteiger partial charge in [-0.2, -0.15) is 0 Å². The summed E-state index contributed by atoms with van der Waals surface area (Å²) in [6, 6.07) is 26.6. The normalized spacial score (nSPS) is 12.0. The van der Waals surface area contributed by atoms with Gasteiger partial charge in [-0.05, 0) is 43.0 Å². The summed E-state index contributed by atoms with van der Waals surface area (Å²) in [4.78, 5) is 30.5. The Balaban J connectivity index is 1.66. The third-order valence-corrected chi connectivity index (χ3v) is 4.76. The van der Waals surface area contributed by atoms with E-state index in [0.717, 1.165) is 22.3 Å². The highest BCUT2D eigenvalue weighted by Crippen LogP contribution is 2.20. The maximum atomic E-state index is 12.8. The Morgan fingerprint density at radius 3 is 1.97 bits per heavy atom. The zero-order valence-corrected chi connectivity index (χ0v) is 19.2. The summed E-state index contributed by atoms with van der Waals surface area (Å²) in [5, 5.41) is 2.66. The fourth-order valence-electron chi connectivity index (χ4n) is 3.19. The summed E-state index contributed by atoms with van der Waals surface area (Å²) in [6.45, 7) is 5.53. The van der Waals surface area contributed by atoms with Gasteiger partial charge in [0.25, 0.3) is 5.91 Å². The van der Waals surface area contributed by atoms with Crippen LogP contribution in [0, 0.1) is 0 Å². The molecule has 0 bridgehead atoms. The van der Waals surface area contributed by atoms with Crippen LogP contribution >= 0.6 is 0 Å². The van der Waals surface area contributed by atoms with Gasteiger partial charge in [0.15, 0.2) is 0 Å². The molecular formula is C27H30N2O4. The highest BCUT2D eigenvalue weighted by molar-refractivity contribution is 5.85. The molecule has 172 valence electrons. The molecule has 3 aromatic carbocycles. The van der Waals surface area contributed by atoms with Crippen molar-refractivity contribution in [2.24, 2.45) is 0 Å². The highest BCUT2D eigenvalue weighted by Gasteiger charge is 2.25. The highest BCUT2D eigenvalue weighted by atomic mass is 16.7. The van der Waals surface area contributed by atoms with E-state index in [-0.39, 0.29) is 13.0 Å². The van der Waals surface area contributed by atoms with E-state index in [4.69, 9.17) is 9.57 Å². The summed E-state index contributed by atoms with van der Waals surface area (Å²) >= 11 is 0. The van der Waals surface area contributed by atoms with Crippen LogP contribution in [-0.2, 0) is 27.4 Å². The molecule has 2 amide bonds. The van der Waals surface area contributed by atoms with Gasteiger partial charge < -0.3 is 10.1 Å². The largest absolute Gasteiger partial charge is 0.444 e. The minimum atomic E-state index is -0.863. The second-order valence-corrected chi connectivity index (χ2v) is 8.71. The number of carbonyl (C=O) groups excluding carboxylic acids is 2. The molecule has 0 aromatic heterocycles. The van der Waals surface area contributed by atoms with Crippen molar-refractivity contribution in [1.29, 1.82) is 0 Å². The van der Waals surface area contributed by atoms with E-state index in [1.807, 2.05) is 84.9 Å². The van der Waals surface area contributed by atoms with Crippen molar-refractivity contribution < 1.29 is 19.2 Å². The van der Waals surface area contributed by atoms with Gasteiger partial charge in [0.1, 0.15) is 11.6 Å². The quantitative estimate of drug-likeness (QED) is 0.476. The molecule has 0 unspecified atom stereocenters. The molecule has 0 spiro atoms. The first-order valence-corrected chi connectivity index (χ1v) is 10.9. The first-order chi connectivity index (χ1) is 15.8. The van der Waals surface area contributed by atoms with Crippen molar-refractivity contribution in [3.05, 3.63) is 96.1 Å². The smallest absolute Gasteiger partial charge is 0.408 e. The minimum absolute atomic E-state index is 0.220. The van der Waals surface area contributed by atoms with Crippen molar-refractivity contribution in [2.45, 2.75) is 45.4 Å². The maximum absolute atomic E-state index is 12.8. The Morgan fingerprint density at radius 2 is 1.36 bits per heavy atom. The molecule has 0 aliphatic rings. The molecule has 0 aliphatic heterocycles. The van der Waals surface area contributed by atoms with Crippen molar-refractivity contribution >= 4 is 12.0 Å². The van der Waals surface area contributed by atoms with Crippen LogP contribution in [-0.4, -0.2) is 23.6 Å². The topological polar surface area (TPSA) is 76.7 Å². The van der Waals surface area contributed by atoms with E-state index in [1.165, 1.54) is 0 Å². The van der Waals surface area contributed by atoms with Crippen LogP contribution in [0.3, 0.4) is 0 Å². The molecule has 1 atom stereocenters. The Labute approximate surface area is 194 Å². The first kappa shape index (κ1) is 24.0.